The molecule has 0 heterocycles. The summed E-state index contributed by atoms with van der Waals surface area (Å²) in [5.74, 6) is 0. The molecule has 0 saturated carbocycles. The van der Waals surface area contributed by atoms with E-state index in [1.54, 1.807) is 26.2 Å². The lowest BCUT2D eigenvalue weighted by molar-refractivity contribution is -0.858. The first-order valence-electron chi connectivity index (χ1n) is 13.5. The summed E-state index contributed by atoms with van der Waals surface area (Å²) in [7, 11) is 7.19. The van der Waals surface area contributed by atoms with E-state index in [0.29, 0.717) is 0 Å². The van der Waals surface area contributed by atoms with Crippen LogP contribution in [-0.2, 0) is 13.3 Å². The highest BCUT2D eigenvalue weighted by molar-refractivity contribution is 6.60. The average molecular weight is 498 g/mol. The van der Waals surface area contributed by atoms with Crippen LogP contribution in [0.3, 0.4) is 0 Å². The van der Waals surface area contributed by atoms with Gasteiger partial charge < -0.3 is 30.6 Å². The van der Waals surface area contributed by atoms with Gasteiger partial charge >= 0.3 is 8.80 Å². The van der Waals surface area contributed by atoms with Crippen LogP contribution in [-0.4, -0.2) is 50.8 Å². The van der Waals surface area contributed by atoms with Gasteiger partial charge in [-0.3, -0.25) is 0 Å². The van der Waals surface area contributed by atoms with Gasteiger partial charge in [0, 0.05) is 27.4 Å². The molecule has 0 aliphatic heterocycles. The first kappa shape index (κ1) is 36.9. The first-order valence-corrected chi connectivity index (χ1v) is 15.4. The molecule has 0 rings (SSSR count). The van der Waals surface area contributed by atoms with Crippen molar-refractivity contribution in [3.8, 4) is 0 Å². The van der Waals surface area contributed by atoms with Crippen molar-refractivity contribution < 1.29 is 30.6 Å². The Hall–Kier alpha value is 0.347. The van der Waals surface area contributed by atoms with Gasteiger partial charge in [0.15, 0.2) is 0 Å². The lowest BCUT2D eigenvalue weighted by Gasteiger charge is -2.23. The quantitative estimate of drug-likeness (QED) is 0.183. The maximum absolute atomic E-state index is 5.17. The Bertz CT molecular complexity index is 324. The molecule has 0 aliphatic carbocycles. The van der Waals surface area contributed by atoms with Crippen LogP contribution in [0.5, 0.6) is 0 Å². The second-order valence-electron chi connectivity index (χ2n) is 9.31. The van der Waals surface area contributed by atoms with Crippen molar-refractivity contribution in [2.75, 3.05) is 42.0 Å². The summed E-state index contributed by atoms with van der Waals surface area (Å²) in [5.41, 5.74) is 0. The van der Waals surface area contributed by atoms with Crippen LogP contribution in [0.1, 0.15) is 123 Å². The minimum atomic E-state index is -2.22. The van der Waals surface area contributed by atoms with Gasteiger partial charge in [0.25, 0.3) is 0 Å². The highest BCUT2D eigenvalue weighted by atomic mass is 35.5. The predicted molar refractivity (Wildman–Crippen MR) is 139 cm³/mol. The van der Waals surface area contributed by atoms with Gasteiger partial charge in [0.05, 0.1) is 20.6 Å². The number of quaternary nitrogens is 1. The zero-order valence-corrected chi connectivity index (χ0v) is 24.8. The molecule has 0 aromatic carbocycles. The Kier molecular flexibility index (Phi) is 33.9. The van der Waals surface area contributed by atoms with E-state index in [0.717, 1.165) is 12.5 Å². The maximum Gasteiger partial charge on any atom is 0.500 e. The summed E-state index contributed by atoms with van der Waals surface area (Å²) in [4.78, 5) is 1.60. The number of unbranched alkanes of at least 4 members (excludes halogenated alkanes) is 15. The topological polar surface area (TPSA) is 32.1 Å². The molecule has 6 heteroatoms. The lowest BCUT2D eigenvalue weighted by atomic mass is 10.0. The van der Waals surface area contributed by atoms with Crippen molar-refractivity contribution in [2.24, 2.45) is 0 Å². The number of rotatable bonds is 22. The average Bonchev–Trinajstić information content (AvgIpc) is 2.77. The Labute approximate surface area is 210 Å². The van der Waals surface area contributed by atoms with E-state index in [1.165, 1.54) is 109 Å². The summed E-state index contributed by atoms with van der Waals surface area (Å²) < 4.78 is 15.5. The Morgan fingerprint density at radius 2 is 0.812 bits per heavy atom. The summed E-state index contributed by atoms with van der Waals surface area (Å²) in [6.45, 7) is 5.72. The van der Waals surface area contributed by atoms with E-state index in [1.807, 2.05) is 0 Å². The Morgan fingerprint density at radius 3 is 1.03 bits per heavy atom. The number of hydrogen-bond acceptors (Lipinski definition) is 3. The monoisotopic (exact) mass is 497 g/mol. The third kappa shape index (κ3) is 26.6. The molecule has 0 atom stereocenters. The lowest BCUT2D eigenvalue weighted by Crippen LogP contribution is -3.05. The first-order chi connectivity index (χ1) is 15.0. The van der Waals surface area contributed by atoms with Crippen LogP contribution < -0.4 is 17.3 Å². The normalized spacial score (nSPS) is 11.2. The molecule has 0 saturated heterocycles. The molecule has 0 spiro atoms. The summed E-state index contributed by atoms with van der Waals surface area (Å²) in [6.07, 6.45) is 24.4. The zero-order chi connectivity index (χ0) is 23.6. The van der Waals surface area contributed by atoms with Gasteiger partial charge in [-0.05, 0) is 12.8 Å². The van der Waals surface area contributed by atoms with Gasteiger partial charge in [0.1, 0.15) is 0 Å². The fourth-order valence-corrected chi connectivity index (χ4v) is 5.61. The van der Waals surface area contributed by atoms with E-state index >= 15 is 0 Å². The second-order valence-corrected chi connectivity index (χ2v) is 12.4. The SMILES string of the molecule is CCCCCCCCCCCCCCCCCC[NH+](C)C.CCC[Si](OC)(OC)OC.[Cl-]. The van der Waals surface area contributed by atoms with Crippen LogP contribution in [0.15, 0.2) is 0 Å². The largest absolute Gasteiger partial charge is 1.00 e. The van der Waals surface area contributed by atoms with Crippen molar-refractivity contribution in [1.82, 2.24) is 0 Å². The fraction of sp³-hybridized carbons (Fsp3) is 1.00. The standard InChI is InChI=1S/C20H43N.C6H16O3Si.ClH/c1-4-5-6-7-8-9-10-11-12-13-14-15-16-17-18-19-20-21(2)3;1-5-6-10(7-2,8-3)9-4;/h4-20H2,1-3H3;5-6H2,1-4H3;1H. The van der Waals surface area contributed by atoms with Crippen molar-refractivity contribution in [1.29, 1.82) is 0 Å². The highest BCUT2D eigenvalue weighted by Gasteiger charge is 2.36. The fourth-order valence-electron chi connectivity index (χ4n) is 3.89. The molecule has 1 N–H and O–H groups in total. The third-order valence-electron chi connectivity index (χ3n) is 6.02. The summed E-state index contributed by atoms with van der Waals surface area (Å²) >= 11 is 0. The highest BCUT2D eigenvalue weighted by Crippen LogP contribution is 2.14. The smallest absolute Gasteiger partial charge is 0.500 e. The zero-order valence-electron chi connectivity index (χ0n) is 23.0. The Morgan fingerprint density at radius 1 is 0.500 bits per heavy atom. The van der Waals surface area contributed by atoms with E-state index in [9.17, 15) is 0 Å². The van der Waals surface area contributed by atoms with Crippen LogP contribution in [0.4, 0.5) is 0 Å². The van der Waals surface area contributed by atoms with Crippen molar-refractivity contribution in [3.63, 3.8) is 0 Å². The molecule has 0 unspecified atom stereocenters. The predicted octanol–water partition coefficient (Wildman–Crippen LogP) is 3.67. The molecule has 0 aliphatic rings. The number of hydrogen-bond donors (Lipinski definition) is 1. The van der Waals surface area contributed by atoms with Crippen molar-refractivity contribution in [2.45, 2.75) is 129 Å². The number of halogens is 1. The van der Waals surface area contributed by atoms with Crippen LogP contribution in [0.25, 0.3) is 0 Å². The minimum absolute atomic E-state index is 0. The van der Waals surface area contributed by atoms with Gasteiger partial charge in [-0.2, -0.15) is 0 Å². The minimum Gasteiger partial charge on any atom is -1.00 e. The molecule has 32 heavy (non-hydrogen) atoms. The molecular weight excluding hydrogens is 438 g/mol. The van der Waals surface area contributed by atoms with Crippen molar-refractivity contribution >= 4 is 8.80 Å². The van der Waals surface area contributed by atoms with Gasteiger partial charge in [-0.25, -0.2) is 0 Å². The number of nitrogens with one attached hydrogen (secondary N) is 1. The van der Waals surface area contributed by atoms with E-state index in [4.69, 9.17) is 13.3 Å². The van der Waals surface area contributed by atoms with Gasteiger partial charge in [-0.15, -0.1) is 0 Å². The summed E-state index contributed by atoms with van der Waals surface area (Å²) in [5, 5.41) is 0. The molecule has 0 aromatic rings. The molecule has 0 bridgehead atoms. The Balaban J connectivity index is -0.000000646. The van der Waals surface area contributed by atoms with Crippen LogP contribution in [0, 0.1) is 0 Å². The molecule has 0 fully saturated rings. The molecule has 0 amide bonds. The molecule has 198 valence electrons. The van der Waals surface area contributed by atoms with E-state index < -0.39 is 8.80 Å². The molecule has 0 radical (unpaired) electrons. The summed E-state index contributed by atoms with van der Waals surface area (Å²) in [6, 6.07) is 0.885. The molecular formula is C26H60ClNO3Si. The van der Waals surface area contributed by atoms with E-state index in [2.05, 4.69) is 27.9 Å². The van der Waals surface area contributed by atoms with Crippen LogP contribution >= 0.6 is 0 Å². The molecule has 4 nitrogen and oxygen atoms in total. The van der Waals surface area contributed by atoms with Crippen LogP contribution in [0.2, 0.25) is 6.04 Å². The molecule has 0 aromatic heterocycles. The van der Waals surface area contributed by atoms with Gasteiger partial charge in [0.2, 0.25) is 0 Å². The maximum atomic E-state index is 5.17. The van der Waals surface area contributed by atoms with E-state index in [-0.39, 0.29) is 12.4 Å². The third-order valence-corrected chi connectivity index (χ3v) is 9.00. The van der Waals surface area contributed by atoms with Gasteiger partial charge in [-0.1, -0.05) is 110 Å². The van der Waals surface area contributed by atoms with Crippen molar-refractivity contribution in [3.05, 3.63) is 0 Å². The second kappa shape index (κ2) is 29.4.